The number of hydrogen-bond donors (Lipinski definition) is 0. The van der Waals surface area contributed by atoms with Crippen molar-refractivity contribution in [1.82, 2.24) is 0 Å². The lowest BCUT2D eigenvalue weighted by molar-refractivity contribution is 0.490. The summed E-state index contributed by atoms with van der Waals surface area (Å²) in [6.45, 7) is 2.17. The molecule has 1 fully saturated rings. The molecule has 1 aliphatic carbocycles. The minimum Gasteiger partial charge on any atom is -0.287 e. The topological polar surface area (TPSA) is 17.1 Å². The van der Waals surface area contributed by atoms with E-state index in [1.165, 1.54) is 38.5 Å². The van der Waals surface area contributed by atoms with E-state index in [-0.39, 0.29) is 0 Å². The first-order valence-corrected chi connectivity index (χ1v) is 6.79. The molecule has 0 spiro atoms. The summed E-state index contributed by atoms with van der Waals surface area (Å²) in [5.74, 6) is 0. The van der Waals surface area contributed by atoms with Gasteiger partial charge in [0.05, 0.1) is 7.80 Å². The maximum atomic E-state index is 11.7. The Labute approximate surface area is 76.7 Å². The van der Waals surface area contributed by atoms with Crippen LogP contribution in [0.25, 0.3) is 0 Å². The molecule has 0 amide bonds. The standard InChI is InChI=1S/C10H20OP/c1-2-3-9-12(11)10-7-5-4-6-8-10/h10H,2-9H2,1H3. The van der Waals surface area contributed by atoms with Crippen LogP contribution in [0.5, 0.6) is 0 Å². The van der Waals surface area contributed by atoms with Crippen molar-refractivity contribution in [2.24, 2.45) is 0 Å². The maximum Gasteiger partial charge on any atom is 0.0750 e. The zero-order valence-corrected chi connectivity index (χ0v) is 8.98. The fourth-order valence-corrected chi connectivity index (χ4v) is 3.80. The largest absolute Gasteiger partial charge is 0.287 e. The van der Waals surface area contributed by atoms with Gasteiger partial charge in [-0.05, 0) is 19.3 Å². The molecule has 0 aromatic carbocycles. The lowest BCUT2D eigenvalue weighted by Crippen LogP contribution is -2.08. The van der Waals surface area contributed by atoms with E-state index in [1.807, 2.05) is 0 Å². The molecule has 1 atom stereocenters. The predicted octanol–water partition coefficient (Wildman–Crippen LogP) is 3.95. The van der Waals surface area contributed by atoms with Gasteiger partial charge in [0.2, 0.25) is 0 Å². The van der Waals surface area contributed by atoms with E-state index in [1.54, 1.807) is 0 Å². The third-order valence-electron chi connectivity index (χ3n) is 2.71. The molecule has 1 unspecified atom stereocenters. The summed E-state index contributed by atoms with van der Waals surface area (Å²) in [7, 11) is -0.855. The molecule has 1 rings (SSSR count). The van der Waals surface area contributed by atoms with E-state index in [2.05, 4.69) is 6.92 Å². The molecule has 1 aliphatic rings. The summed E-state index contributed by atoms with van der Waals surface area (Å²) < 4.78 is 11.7. The zero-order valence-electron chi connectivity index (χ0n) is 8.09. The molecular weight excluding hydrogens is 167 g/mol. The van der Waals surface area contributed by atoms with E-state index in [9.17, 15) is 4.57 Å². The monoisotopic (exact) mass is 187 g/mol. The number of unbranched alkanes of at least 4 members (excludes halogenated alkanes) is 1. The summed E-state index contributed by atoms with van der Waals surface area (Å²) in [6.07, 6.45) is 9.80. The van der Waals surface area contributed by atoms with E-state index in [0.29, 0.717) is 5.66 Å². The van der Waals surface area contributed by atoms with Crippen molar-refractivity contribution in [3.8, 4) is 0 Å². The minimum absolute atomic E-state index is 0.584. The third-order valence-corrected chi connectivity index (χ3v) is 4.80. The van der Waals surface area contributed by atoms with Crippen molar-refractivity contribution in [2.75, 3.05) is 6.16 Å². The van der Waals surface area contributed by atoms with Crippen LogP contribution in [0.3, 0.4) is 0 Å². The third kappa shape index (κ3) is 3.23. The van der Waals surface area contributed by atoms with Gasteiger partial charge in [0, 0.05) is 11.8 Å². The second-order valence-corrected chi connectivity index (χ2v) is 5.80. The molecule has 12 heavy (non-hydrogen) atoms. The summed E-state index contributed by atoms with van der Waals surface area (Å²) in [6, 6.07) is 0. The lowest BCUT2D eigenvalue weighted by atomic mass is 10.0. The molecule has 1 saturated carbocycles. The summed E-state index contributed by atoms with van der Waals surface area (Å²) in [5.41, 5.74) is 0.584. The first-order chi connectivity index (χ1) is 5.84. The second kappa shape index (κ2) is 5.70. The number of hydrogen-bond acceptors (Lipinski definition) is 1. The van der Waals surface area contributed by atoms with Gasteiger partial charge in [-0.2, -0.15) is 0 Å². The Hall–Kier alpha value is 0.100. The Morgan fingerprint density at radius 2 is 1.92 bits per heavy atom. The van der Waals surface area contributed by atoms with Crippen molar-refractivity contribution in [3.63, 3.8) is 0 Å². The molecular formula is C10H20OP. The average Bonchev–Trinajstić information content (AvgIpc) is 2.15. The van der Waals surface area contributed by atoms with Crippen LogP contribution in [0.15, 0.2) is 0 Å². The normalized spacial score (nSPS) is 20.9. The van der Waals surface area contributed by atoms with E-state index < -0.39 is 7.80 Å². The molecule has 0 bridgehead atoms. The summed E-state index contributed by atoms with van der Waals surface area (Å²) in [5, 5.41) is 0. The molecule has 0 aromatic heterocycles. The van der Waals surface area contributed by atoms with Crippen molar-refractivity contribution in [1.29, 1.82) is 0 Å². The van der Waals surface area contributed by atoms with Crippen LogP contribution in [0.1, 0.15) is 51.9 Å². The molecule has 0 aliphatic heterocycles. The first-order valence-electron chi connectivity index (χ1n) is 5.28. The van der Waals surface area contributed by atoms with Crippen LogP contribution in [0.4, 0.5) is 0 Å². The van der Waals surface area contributed by atoms with Gasteiger partial charge in [-0.15, -0.1) is 0 Å². The predicted molar refractivity (Wildman–Crippen MR) is 54.3 cm³/mol. The van der Waals surface area contributed by atoms with Gasteiger partial charge < -0.3 is 0 Å². The number of rotatable bonds is 4. The molecule has 0 N–H and O–H groups in total. The van der Waals surface area contributed by atoms with Gasteiger partial charge in [0.25, 0.3) is 0 Å². The Morgan fingerprint density at radius 3 is 2.50 bits per heavy atom. The first kappa shape index (κ1) is 10.2. The molecule has 1 nitrogen and oxygen atoms in total. The van der Waals surface area contributed by atoms with Gasteiger partial charge in [-0.1, -0.05) is 32.6 Å². The second-order valence-electron chi connectivity index (χ2n) is 3.79. The van der Waals surface area contributed by atoms with Crippen LogP contribution in [0, 0.1) is 0 Å². The summed E-state index contributed by atoms with van der Waals surface area (Å²) >= 11 is 0. The SMILES string of the molecule is CCCC[P](=O)C1CCCCC1. The minimum atomic E-state index is -0.855. The maximum absolute atomic E-state index is 11.7. The highest BCUT2D eigenvalue weighted by atomic mass is 31.1. The Morgan fingerprint density at radius 1 is 1.25 bits per heavy atom. The molecule has 71 valence electrons. The van der Waals surface area contributed by atoms with Crippen LogP contribution in [0.2, 0.25) is 0 Å². The van der Waals surface area contributed by atoms with E-state index >= 15 is 0 Å². The summed E-state index contributed by atoms with van der Waals surface area (Å²) in [4.78, 5) is 0. The van der Waals surface area contributed by atoms with Gasteiger partial charge in [0.1, 0.15) is 0 Å². The Balaban J connectivity index is 2.20. The van der Waals surface area contributed by atoms with Crippen LogP contribution in [-0.2, 0) is 4.57 Å². The zero-order chi connectivity index (χ0) is 8.81. The highest BCUT2D eigenvalue weighted by molar-refractivity contribution is 7.45. The molecule has 0 saturated heterocycles. The highest BCUT2D eigenvalue weighted by Crippen LogP contribution is 2.38. The Bertz CT molecular complexity index is 139. The van der Waals surface area contributed by atoms with Gasteiger partial charge in [-0.25, -0.2) is 0 Å². The van der Waals surface area contributed by atoms with Crippen molar-refractivity contribution in [3.05, 3.63) is 0 Å². The van der Waals surface area contributed by atoms with Crippen LogP contribution >= 0.6 is 7.80 Å². The molecule has 1 radical (unpaired) electrons. The Kier molecular flexibility index (Phi) is 4.83. The van der Waals surface area contributed by atoms with Crippen molar-refractivity contribution >= 4 is 7.80 Å². The lowest BCUT2D eigenvalue weighted by Gasteiger charge is -2.20. The van der Waals surface area contributed by atoms with Crippen molar-refractivity contribution in [2.45, 2.75) is 57.5 Å². The molecule has 0 heterocycles. The van der Waals surface area contributed by atoms with E-state index in [4.69, 9.17) is 0 Å². The molecule has 2 heteroatoms. The highest BCUT2D eigenvalue weighted by Gasteiger charge is 2.19. The van der Waals surface area contributed by atoms with Crippen LogP contribution < -0.4 is 0 Å². The van der Waals surface area contributed by atoms with Gasteiger partial charge in [-0.3, -0.25) is 4.57 Å². The van der Waals surface area contributed by atoms with Gasteiger partial charge >= 0.3 is 0 Å². The van der Waals surface area contributed by atoms with Gasteiger partial charge in [0.15, 0.2) is 0 Å². The quantitative estimate of drug-likeness (QED) is 0.609. The van der Waals surface area contributed by atoms with Crippen LogP contribution in [-0.4, -0.2) is 11.8 Å². The van der Waals surface area contributed by atoms with E-state index in [0.717, 1.165) is 12.6 Å². The fraction of sp³-hybridized carbons (Fsp3) is 1.00. The molecule has 0 aromatic rings. The smallest absolute Gasteiger partial charge is 0.0750 e. The fourth-order valence-electron chi connectivity index (χ4n) is 1.87. The van der Waals surface area contributed by atoms with Crippen molar-refractivity contribution < 1.29 is 4.57 Å². The average molecular weight is 187 g/mol.